The number of carbonyl (C=O) groups excluding carboxylic acids is 1. The summed E-state index contributed by atoms with van der Waals surface area (Å²) in [6.45, 7) is 12.5. The number of benzene rings is 1. The zero-order chi connectivity index (χ0) is 20.3. The van der Waals surface area contributed by atoms with Crippen LogP contribution >= 0.6 is 0 Å². The van der Waals surface area contributed by atoms with Crippen molar-refractivity contribution in [2.45, 2.75) is 46.1 Å². The maximum Gasteiger partial charge on any atom is 0.410 e. The average Bonchev–Trinajstić information content (AvgIpc) is 3.12. The van der Waals surface area contributed by atoms with Crippen molar-refractivity contribution < 1.29 is 13.9 Å². The fourth-order valence-corrected chi connectivity index (χ4v) is 3.12. The van der Waals surface area contributed by atoms with E-state index in [1.165, 1.54) is 5.57 Å². The van der Waals surface area contributed by atoms with Crippen molar-refractivity contribution in [1.29, 1.82) is 0 Å². The molecule has 0 radical (unpaired) electrons. The van der Waals surface area contributed by atoms with E-state index in [4.69, 9.17) is 9.15 Å². The minimum Gasteiger partial charge on any atom is -0.444 e. The van der Waals surface area contributed by atoms with Crippen LogP contribution in [0.3, 0.4) is 0 Å². The molecule has 6 heteroatoms. The van der Waals surface area contributed by atoms with Crippen LogP contribution in [0, 0.1) is 0 Å². The zero-order valence-electron chi connectivity index (χ0n) is 17.0. The normalized spacial score (nSPS) is 14.7. The lowest BCUT2D eigenvalue weighted by Gasteiger charge is -2.31. The smallest absolute Gasteiger partial charge is 0.410 e. The molecule has 1 saturated heterocycles. The van der Waals surface area contributed by atoms with Crippen LogP contribution in [0.5, 0.6) is 0 Å². The highest BCUT2D eigenvalue weighted by Crippen LogP contribution is 2.32. The summed E-state index contributed by atoms with van der Waals surface area (Å²) in [4.78, 5) is 14.1. The van der Waals surface area contributed by atoms with E-state index in [0.717, 1.165) is 29.6 Å². The average molecular weight is 381 g/mol. The molecule has 0 atom stereocenters. The van der Waals surface area contributed by atoms with Gasteiger partial charge in [-0.1, -0.05) is 42.5 Å². The molecule has 2 heterocycles. The predicted octanol–water partition coefficient (Wildman–Crippen LogP) is 4.94. The van der Waals surface area contributed by atoms with Crippen molar-refractivity contribution >= 4 is 17.2 Å². The first-order valence-electron chi connectivity index (χ1n) is 9.50. The largest absolute Gasteiger partial charge is 0.444 e. The van der Waals surface area contributed by atoms with Crippen LogP contribution in [-0.4, -0.2) is 39.9 Å². The number of amides is 1. The first-order chi connectivity index (χ1) is 13.2. The lowest BCUT2D eigenvalue weighted by molar-refractivity contribution is 0.0236. The number of carbonyl (C=O) groups is 1. The van der Waals surface area contributed by atoms with Gasteiger partial charge in [0.15, 0.2) is 0 Å². The zero-order valence-corrected chi connectivity index (χ0v) is 17.0. The fourth-order valence-electron chi connectivity index (χ4n) is 3.12. The second-order valence-electron chi connectivity index (χ2n) is 8.00. The number of nitrogens with zero attached hydrogens (tertiary/aromatic N) is 3. The van der Waals surface area contributed by atoms with Crippen molar-refractivity contribution in [1.82, 2.24) is 15.1 Å². The van der Waals surface area contributed by atoms with Gasteiger partial charge in [-0.05, 0) is 46.1 Å². The Morgan fingerprint density at radius 2 is 1.71 bits per heavy atom. The van der Waals surface area contributed by atoms with Crippen LogP contribution in [0.2, 0.25) is 0 Å². The van der Waals surface area contributed by atoms with E-state index in [1.807, 2.05) is 58.0 Å². The number of ether oxygens (including phenoxy) is 1. The highest BCUT2D eigenvalue weighted by atomic mass is 16.6. The van der Waals surface area contributed by atoms with E-state index < -0.39 is 5.60 Å². The quantitative estimate of drug-likeness (QED) is 0.753. The van der Waals surface area contributed by atoms with Crippen LogP contribution in [0.25, 0.3) is 11.1 Å². The van der Waals surface area contributed by atoms with E-state index in [2.05, 4.69) is 16.8 Å². The number of rotatable bonds is 3. The lowest BCUT2D eigenvalue weighted by Crippen LogP contribution is -2.40. The minimum atomic E-state index is -0.495. The van der Waals surface area contributed by atoms with Crippen LogP contribution in [0.15, 0.2) is 46.9 Å². The Labute approximate surface area is 165 Å². The molecule has 1 amide bonds. The van der Waals surface area contributed by atoms with Gasteiger partial charge in [0, 0.05) is 24.2 Å². The molecule has 148 valence electrons. The Morgan fingerprint density at radius 1 is 1.11 bits per heavy atom. The summed E-state index contributed by atoms with van der Waals surface area (Å²) in [7, 11) is 0. The van der Waals surface area contributed by atoms with Gasteiger partial charge in [-0.25, -0.2) is 4.79 Å². The third kappa shape index (κ3) is 4.68. The lowest BCUT2D eigenvalue weighted by atomic mass is 9.93. The molecule has 1 aromatic heterocycles. The van der Waals surface area contributed by atoms with Crippen molar-refractivity contribution in [2.75, 3.05) is 13.1 Å². The molecule has 1 aliphatic heterocycles. The molecule has 0 saturated carbocycles. The van der Waals surface area contributed by atoms with Crippen molar-refractivity contribution in [3.05, 3.63) is 59.8 Å². The van der Waals surface area contributed by atoms with Gasteiger partial charge in [0.05, 0.1) is 0 Å². The van der Waals surface area contributed by atoms with E-state index in [9.17, 15) is 4.79 Å². The standard InChI is InChI=1S/C22H27N3O3/c1-15(2)19-23-24-20(27-19)18(16-9-7-6-8-10-16)17-11-13-25(14-12-17)21(26)28-22(3,4)5/h6-10H,1,11-14H2,2-5H3. The van der Waals surface area contributed by atoms with Gasteiger partial charge in [-0.3, -0.25) is 0 Å². The Bertz CT molecular complexity index is 881. The van der Waals surface area contributed by atoms with Gasteiger partial charge >= 0.3 is 6.09 Å². The number of piperidine rings is 1. The number of hydrogen-bond acceptors (Lipinski definition) is 5. The second kappa shape index (κ2) is 8.00. The summed E-state index contributed by atoms with van der Waals surface area (Å²) in [6.07, 6.45) is 1.19. The number of hydrogen-bond donors (Lipinski definition) is 0. The minimum absolute atomic E-state index is 0.268. The van der Waals surface area contributed by atoms with Crippen molar-refractivity contribution in [2.24, 2.45) is 0 Å². The molecular formula is C22H27N3O3. The topological polar surface area (TPSA) is 68.5 Å². The Balaban J connectivity index is 1.88. The fraction of sp³-hybridized carbons (Fsp3) is 0.409. The molecule has 28 heavy (non-hydrogen) atoms. The molecule has 1 fully saturated rings. The Hall–Kier alpha value is -2.89. The summed E-state index contributed by atoms with van der Waals surface area (Å²) in [5.41, 5.74) is 3.41. The summed E-state index contributed by atoms with van der Waals surface area (Å²) in [5.74, 6) is 0.931. The van der Waals surface area contributed by atoms with E-state index >= 15 is 0 Å². The molecule has 2 aromatic rings. The summed E-state index contributed by atoms with van der Waals surface area (Å²) in [6, 6.07) is 10.0. The number of aromatic nitrogens is 2. The molecule has 0 aliphatic carbocycles. The van der Waals surface area contributed by atoms with Crippen molar-refractivity contribution in [3.63, 3.8) is 0 Å². The highest BCUT2D eigenvalue weighted by Gasteiger charge is 2.27. The van der Waals surface area contributed by atoms with Gasteiger partial charge in [-0.2, -0.15) is 0 Å². The highest BCUT2D eigenvalue weighted by molar-refractivity contribution is 5.79. The van der Waals surface area contributed by atoms with E-state index in [-0.39, 0.29) is 6.09 Å². The van der Waals surface area contributed by atoms with E-state index in [1.54, 1.807) is 4.90 Å². The Morgan fingerprint density at radius 3 is 2.25 bits per heavy atom. The van der Waals surface area contributed by atoms with Crippen LogP contribution in [0.4, 0.5) is 4.79 Å². The third-order valence-corrected chi connectivity index (χ3v) is 4.44. The third-order valence-electron chi connectivity index (χ3n) is 4.44. The first kappa shape index (κ1) is 19.9. The molecule has 0 unspecified atom stereocenters. The van der Waals surface area contributed by atoms with Crippen LogP contribution in [0.1, 0.15) is 57.9 Å². The summed E-state index contributed by atoms with van der Waals surface area (Å²) >= 11 is 0. The maximum atomic E-state index is 12.3. The molecule has 1 aromatic carbocycles. The SMILES string of the molecule is C=C(C)c1nnc(C(=C2CCN(C(=O)OC(C)(C)C)CC2)c2ccccc2)o1. The maximum absolute atomic E-state index is 12.3. The van der Waals surface area contributed by atoms with Gasteiger partial charge in [-0.15, -0.1) is 10.2 Å². The monoisotopic (exact) mass is 381 g/mol. The van der Waals surface area contributed by atoms with Crippen molar-refractivity contribution in [3.8, 4) is 0 Å². The molecule has 0 spiro atoms. The van der Waals surface area contributed by atoms with Gasteiger partial charge in [0.25, 0.3) is 0 Å². The first-order valence-corrected chi connectivity index (χ1v) is 9.50. The molecule has 0 bridgehead atoms. The van der Waals surface area contributed by atoms with Gasteiger partial charge in [0.2, 0.25) is 11.8 Å². The van der Waals surface area contributed by atoms with Crippen LogP contribution in [-0.2, 0) is 4.74 Å². The number of allylic oxidation sites excluding steroid dienone is 1. The Kier molecular flexibility index (Phi) is 5.68. The number of likely N-dealkylation sites (tertiary alicyclic amines) is 1. The second-order valence-corrected chi connectivity index (χ2v) is 8.00. The molecule has 0 N–H and O–H groups in total. The van der Waals surface area contributed by atoms with Gasteiger partial charge in [0.1, 0.15) is 5.60 Å². The molecule has 1 aliphatic rings. The van der Waals surface area contributed by atoms with Gasteiger partial charge < -0.3 is 14.1 Å². The predicted molar refractivity (Wildman–Crippen MR) is 109 cm³/mol. The van der Waals surface area contributed by atoms with Crippen LogP contribution < -0.4 is 0 Å². The summed E-state index contributed by atoms with van der Waals surface area (Å²) < 4.78 is 11.4. The molecular weight excluding hydrogens is 354 g/mol. The molecule has 6 nitrogen and oxygen atoms in total. The molecule has 3 rings (SSSR count). The van der Waals surface area contributed by atoms with E-state index in [0.29, 0.717) is 24.9 Å². The summed E-state index contributed by atoms with van der Waals surface area (Å²) in [5, 5.41) is 8.36.